The van der Waals surface area contributed by atoms with Crippen LogP contribution in [0.25, 0.3) is 0 Å². The number of nitrogens with one attached hydrogen (secondary N) is 1. The molecule has 0 aliphatic heterocycles. The Bertz CT molecular complexity index is 339. The van der Waals surface area contributed by atoms with Crippen molar-refractivity contribution in [2.75, 3.05) is 0 Å². The molecule has 0 spiro atoms. The summed E-state index contributed by atoms with van der Waals surface area (Å²) in [6.45, 7) is 2.02. The predicted molar refractivity (Wildman–Crippen MR) is 46.5 cm³/mol. The molecule has 1 unspecified atom stereocenters. The quantitative estimate of drug-likeness (QED) is 0.706. The van der Waals surface area contributed by atoms with E-state index < -0.39 is 11.9 Å². The molecule has 0 aliphatic carbocycles. The van der Waals surface area contributed by atoms with Crippen LogP contribution in [-0.4, -0.2) is 20.6 Å². The number of aromatic nitrogens is 2. The van der Waals surface area contributed by atoms with E-state index in [0.717, 1.165) is 0 Å². The smallest absolute Gasteiger partial charge is 0.325 e. The molecule has 0 fully saturated rings. The van der Waals surface area contributed by atoms with E-state index in [-0.39, 0.29) is 12.2 Å². The minimum absolute atomic E-state index is 0.230. The monoisotopic (exact) mass is 184 g/mol. The number of carboxylic acids is 1. The molecule has 2 N–H and O–H groups in total. The van der Waals surface area contributed by atoms with Gasteiger partial charge in [-0.3, -0.25) is 9.36 Å². The van der Waals surface area contributed by atoms with Gasteiger partial charge in [-0.1, -0.05) is 6.92 Å². The fourth-order valence-corrected chi connectivity index (χ4v) is 1.11. The molecule has 1 aromatic rings. The first kappa shape index (κ1) is 9.57. The number of hydrogen-bond donors (Lipinski definition) is 2. The van der Waals surface area contributed by atoms with Gasteiger partial charge in [0.1, 0.15) is 0 Å². The van der Waals surface area contributed by atoms with E-state index in [1.54, 1.807) is 13.1 Å². The van der Waals surface area contributed by atoms with Crippen molar-refractivity contribution >= 4 is 5.97 Å². The van der Waals surface area contributed by atoms with Crippen LogP contribution in [0.15, 0.2) is 17.2 Å². The van der Waals surface area contributed by atoms with Crippen molar-refractivity contribution in [1.29, 1.82) is 0 Å². The molecule has 1 heterocycles. The first-order chi connectivity index (χ1) is 6.15. The van der Waals surface area contributed by atoms with Gasteiger partial charge in [-0.05, 0) is 6.42 Å². The molecule has 1 rings (SSSR count). The first-order valence-corrected chi connectivity index (χ1v) is 4.11. The third kappa shape index (κ3) is 2.21. The molecular weight excluding hydrogens is 172 g/mol. The summed E-state index contributed by atoms with van der Waals surface area (Å²) >= 11 is 0. The van der Waals surface area contributed by atoms with Crippen LogP contribution in [0.4, 0.5) is 0 Å². The van der Waals surface area contributed by atoms with Crippen molar-refractivity contribution in [2.24, 2.45) is 5.92 Å². The topological polar surface area (TPSA) is 75.1 Å². The first-order valence-electron chi connectivity index (χ1n) is 4.11. The van der Waals surface area contributed by atoms with Gasteiger partial charge < -0.3 is 10.1 Å². The molecule has 13 heavy (non-hydrogen) atoms. The fraction of sp³-hybridized carbons (Fsp3) is 0.500. The lowest BCUT2D eigenvalue weighted by Crippen LogP contribution is -2.25. The summed E-state index contributed by atoms with van der Waals surface area (Å²) in [5.41, 5.74) is -0.264. The standard InChI is InChI=1S/C8H12N2O3/c1-2-6(7(11)12)5-10-4-3-9-8(10)13/h3-4,6H,2,5H2,1H3,(H,9,13)(H,11,12). The van der Waals surface area contributed by atoms with Crippen LogP contribution in [0.3, 0.4) is 0 Å². The molecule has 1 atom stereocenters. The minimum atomic E-state index is -0.865. The van der Waals surface area contributed by atoms with Crippen molar-refractivity contribution in [3.8, 4) is 0 Å². The van der Waals surface area contributed by atoms with Gasteiger partial charge in [0.2, 0.25) is 0 Å². The molecule has 5 nitrogen and oxygen atoms in total. The average molecular weight is 184 g/mol. The highest BCUT2D eigenvalue weighted by Gasteiger charge is 2.15. The van der Waals surface area contributed by atoms with Crippen LogP contribution in [-0.2, 0) is 11.3 Å². The minimum Gasteiger partial charge on any atom is -0.481 e. The van der Waals surface area contributed by atoms with Gasteiger partial charge in [0.15, 0.2) is 0 Å². The van der Waals surface area contributed by atoms with Crippen LogP contribution in [0.1, 0.15) is 13.3 Å². The number of hydrogen-bond acceptors (Lipinski definition) is 2. The van der Waals surface area contributed by atoms with Gasteiger partial charge in [0, 0.05) is 18.9 Å². The summed E-state index contributed by atoms with van der Waals surface area (Å²) in [7, 11) is 0. The van der Waals surface area contributed by atoms with E-state index in [1.165, 1.54) is 10.8 Å². The number of imidazole rings is 1. The van der Waals surface area contributed by atoms with Gasteiger partial charge in [-0.2, -0.15) is 0 Å². The molecule has 1 aromatic heterocycles. The van der Waals surface area contributed by atoms with Crippen LogP contribution in [0.2, 0.25) is 0 Å². The van der Waals surface area contributed by atoms with Gasteiger partial charge in [-0.25, -0.2) is 4.79 Å². The second-order valence-corrected chi connectivity index (χ2v) is 2.86. The van der Waals surface area contributed by atoms with E-state index in [2.05, 4.69) is 4.98 Å². The lowest BCUT2D eigenvalue weighted by molar-refractivity contribution is -0.142. The second kappa shape index (κ2) is 3.93. The Kier molecular flexibility index (Phi) is 2.89. The van der Waals surface area contributed by atoms with Crippen LogP contribution < -0.4 is 5.69 Å². The van der Waals surface area contributed by atoms with E-state index >= 15 is 0 Å². The average Bonchev–Trinajstić information content (AvgIpc) is 2.46. The van der Waals surface area contributed by atoms with Crippen LogP contribution >= 0.6 is 0 Å². The Balaban J connectivity index is 2.73. The highest BCUT2D eigenvalue weighted by Crippen LogP contribution is 2.04. The van der Waals surface area contributed by atoms with E-state index in [1.807, 2.05) is 0 Å². The molecule has 0 amide bonds. The molecule has 0 bridgehead atoms. The number of carboxylic acid groups (broad SMARTS) is 1. The zero-order valence-electron chi connectivity index (χ0n) is 7.36. The molecule has 72 valence electrons. The van der Waals surface area contributed by atoms with Crippen molar-refractivity contribution in [1.82, 2.24) is 9.55 Å². The molecule has 0 saturated heterocycles. The molecule has 5 heteroatoms. The molecule has 0 saturated carbocycles. The third-order valence-electron chi connectivity index (χ3n) is 1.98. The van der Waals surface area contributed by atoms with E-state index in [9.17, 15) is 9.59 Å². The zero-order chi connectivity index (χ0) is 9.84. The fourth-order valence-electron chi connectivity index (χ4n) is 1.11. The number of nitrogens with zero attached hydrogens (tertiary/aromatic N) is 1. The maximum atomic E-state index is 11.0. The largest absolute Gasteiger partial charge is 0.481 e. The normalized spacial score (nSPS) is 12.7. The molecule has 0 aliphatic rings. The third-order valence-corrected chi connectivity index (χ3v) is 1.98. The SMILES string of the molecule is CCC(Cn1cc[nH]c1=O)C(=O)O. The number of aliphatic carboxylic acids is 1. The van der Waals surface area contributed by atoms with Crippen LogP contribution in [0, 0.1) is 5.92 Å². The maximum Gasteiger partial charge on any atom is 0.325 e. The summed E-state index contributed by atoms with van der Waals surface area (Å²) < 4.78 is 1.36. The Morgan fingerprint density at radius 1 is 1.77 bits per heavy atom. The molecular formula is C8H12N2O3. The molecule has 0 aromatic carbocycles. The zero-order valence-corrected chi connectivity index (χ0v) is 7.36. The van der Waals surface area contributed by atoms with Gasteiger partial charge in [-0.15, -0.1) is 0 Å². The highest BCUT2D eigenvalue weighted by molar-refractivity contribution is 5.69. The second-order valence-electron chi connectivity index (χ2n) is 2.86. The predicted octanol–water partition coefficient (Wildman–Crippen LogP) is 0.287. The van der Waals surface area contributed by atoms with Gasteiger partial charge in [0.25, 0.3) is 0 Å². The lowest BCUT2D eigenvalue weighted by Gasteiger charge is -2.08. The summed E-state index contributed by atoms with van der Waals surface area (Å²) in [6, 6.07) is 0. The van der Waals surface area contributed by atoms with Gasteiger partial charge >= 0.3 is 11.7 Å². The van der Waals surface area contributed by atoms with E-state index in [4.69, 9.17) is 5.11 Å². The van der Waals surface area contributed by atoms with Gasteiger partial charge in [0.05, 0.1) is 5.92 Å². The van der Waals surface area contributed by atoms with E-state index in [0.29, 0.717) is 6.42 Å². The summed E-state index contributed by atoms with van der Waals surface area (Å²) in [5, 5.41) is 8.74. The summed E-state index contributed by atoms with van der Waals surface area (Å²) in [4.78, 5) is 24.1. The van der Waals surface area contributed by atoms with Crippen molar-refractivity contribution in [2.45, 2.75) is 19.9 Å². The van der Waals surface area contributed by atoms with Crippen molar-refractivity contribution < 1.29 is 9.90 Å². The Morgan fingerprint density at radius 3 is 2.85 bits per heavy atom. The Labute approximate surface area is 75.0 Å². The Hall–Kier alpha value is -1.52. The number of H-pyrrole nitrogens is 1. The summed E-state index contributed by atoms with van der Waals surface area (Å²) in [5.74, 6) is -1.36. The van der Waals surface area contributed by atoms with Crippen molar-refractivity contribution in [3.05, 3.63) is 22.9 Å². The number of carbonyl (C=O) groups is 1. The maximum absolute atomic E-state index is 11.0. The van der Waals surface area contributed by atoms with Crippen molar-refractivity contribution in [3.63, 3.8) is 0 Å². The highest BCUT2D eigenvalue weighted by atomic mass is 16.4. The summed E-state index contributed by atoms with van der Waals surface area (Å²) in [6.07, 6.45) is 3.57. The number of rotatable bonds is 4. The molecule has 0 radical (unpaired) electrons. The lowest BCUT2D eigenvalue weighted by atomic mass is 10.1. The Morgan fingerprint density at radius 2 is 2.46 bits per heavy atom. The number of aromatic amines is 1. The van der Waals surface area contributed by atoms with Crippen LogP contribution in [0.5, 0.6) is 0 Å².